The Hall–Kier alpha value is -8.40. The summed E-state index contributed by atoms with van der Waals surface area (Å²) in [6.45, 7) is 0. The third-order valence-electron chi connectivity index (χ3n) is 13.4. The van der Waals surface area contributed by atoms with Crippen LogP contribution in [0.15, 0.2) is 245 Å². The zero-order chi connectivity index (χ0) is 42.2. The van der Waals surface area contributed by atoms with Crippen LogP contribution in [0.3, 0.4) is 0 Å². The molecule has 0 spiro atoms. The molecule has 0 atom stereocenters. The van der Waals surface area contributed by atoms with Crippen molar-refractivity contribution in [1.82, 2.24) is 0 Å². The lowest BCUT2D eigenvalue weighted by Gasteiger charge is -2.35. The van der Waals surface area contributed by atoms with Crippen LogP contribution in [-0.2, 0) is 5.41 Å². The normalized spacial score (nSPS) is 12.8. The molecule has 0 unspecified atom stereocenters. The van der Waals surface area contributed by atoms with E-state index >= 15 is 0 Å². The highest BCUT2D eigenvalue weighted by Crippen LogP contribution is 2.57. The van der Waals surface area contributed by atoms with E-state index < -0.39 is 5.41 Å². The second-order valence-corrected chi connectivity index (χ2v) is 16.8. The van der Waals surface area contributed by atoms with Gasteiger partial charge in [-0.15, -0.1) is 0 Å². The zero-order valence-corrected chi connectivity index (χ0v) is 34.8. The lowest BCUT2D eigenvalue weighted by Crippen LogP contribution is -2.28. The number of rotatable bonds is 7. The highest BCUT2D eigenvalue weighted by atomic mass is 16.3. The molecule has 0 aliphatic heterocycles. The summed E-state index contributed by atoms with van der Waals surface area (Å²) >= 11 is 0. The van der Waals surface area contributed by atoms with Crippen LogP contribution < -0.4 is 4.90 Å². The van der Waals surface area contributed by atoms with Gasteiger partial charge in [-0.25, -0.2) is 0 Å². The van der Waals surface area contributed by atoms with Gasteiger partial charge in [0, 0.05) is 50.2 Å². The first kappa shape index (κ1) is 36.3. The third-order valence-corrected chi connectivity index (χ3v) is 13.4. The maximum atomic E-state index is 6.54. The summed E-state index contributed by atoms with van der Waals surface area (Å²) in [5, 5.41) is 4.44. The molecule has 0 saturated carbocycles. The van der Waals surface area contributed by atoms with Crippen molar-refractivity contribution in [3.63, 3.8) is 0 Å². The van der Waals surface area contributed by atoms with E-state index in [4.69, 9.17) is 8.83 Å². The van der Waals surface area contributed by atoms with Crippen LogP contribution in [-0.4, -0.2) is 0 Å². The molecule has 3 heteroatoms. The minimum absolute atomic E-state index is 0.527. The number of benzene rings is 10. The first-order valence-corrected chi connectivity index (χ1v) is 21.9. The number of fused-ring (bicyclic) bond motifs is 9. The Morgan fingerprint density at radius 2 is 0.875 bits per heavy atom. The van der Waals surface area contributed by atoms with Gasteiger partial charge in [0.15, 0.2) is 0 Å². The fraction of sp³-hybridized carbons (Fsp3) is 0.0164. The molecular weight excluding hydrogens is 779 g/mol. The number of furan rings is 2. The summed E-state index contributed by atoms with van der Waals surface area (Å²) in [6.07, 6.45) is 0. The van der Waals surface area contributed by atoms with E-state index in [-0.39, 0.29) is 0 Å². The molecule has 0 radical (unpaired) electrons. The molecular formula is C61H39NO2. The third kappa shape index (κ3) is 5.47. The standard InChI is InChI=1S/C61H39NO2/c1-4-15-41(16-5-1)48-23-14-24-53-54-37-42(29-36-58(54)64-60(48)53)40-27-30-45(31-28-40)62(47-33-35-52-51-22-11-13-26-57(51)63-59(52)39-47)46-32-34-50-49-21-10-12-25-55(49)61(56(50)38-46,43-17-6-2-7-18-43)44-19-8-3-9-20-44/h1-39H. The van der Waals surface area contributed by atoms with Crippen LogP contribution in [0.25, 0.3) is 77.3 Å². The molecule has 13 rings (SSSR count). The molecule has 12 aromatic rings. The van der Waals surface area contributed by atoms with Crippen LogP contribution in [0, 0.1) is 0 Å². The van der Waals surface area contributed by atoms with Crippen molar-refractivity contribution < 1.29 is 8.83 Å². The smallest absolute Gasteiger partial charge is 0.143 e. The first-order chi connectivity index (χ1) is 31.7. The van der Waals surface area contributed by atoms with Crippen LogP contribution in [0.1, 0.15) is 22.3 Å². The van der Waals surface area contributed by atoms with Crippen LogP contribution in [0.4, 0.5) is 17.1 Å². The van der Waals surface area contributed by atoms with Crippen molar-refractivity contribution in [2.75, 3.05) is 4.90 Å². The van der Waals surface area contributed by atoms with E-state index in [0.717, 1.165) is 83.2 Å². The van der Waals surface area contributed by atoms with Gasteiger partial charge < -0.3 is 13.7 Å². The summed E-state index contributed by atoms with van der Waals surface area (Å²) in [5.41, 5.74) is 18.2. The molecule has 64 heavy (non-hydrogen) atoms. The van der Waals surface area contributed by atoms with Crippen LogP contribution in [0.5, 0.6) is 0 Å². The Morgan fingerprint density at radius 1 is 0.297 bits per heavy atom. The van der Waals surface area contributed by atoms with E-state index in [1.807, 2.05) is 18.2 Å². The van der Waals surface area contributed by atoms with Crippen molar-refractivity contribution in [3.8, 4) is 33.4 Å². The monoisotopic (exact) mass is 817 g/mol. The predicted molar refractivity (Wildman–Crippen MR) is 264 cm³/mol. The molecule has 0 amide bonds. The molecule has 3 nitrogen and oxygen atoms in total. The van der Waals surface area contributed by atoms with Gasteiger partial charge in [0.25, 0.3) is 0 Å². The fourth-order valence-corrected chi connectivity index (χ4v) is 10.5. The van der Waals surface area contributed by atoms with Crippen LogP contribution in [0.2, 0.25) is 0 Å². The van der Waals surface area contributed by atoms with Gasteiger partial charge in [-0.2, -0.15) is 0 Å². The summed E-state index contributed by atoms with van der Waals surface area (Å²) in [6, 6.07) is 85.2. The first-order valence-electron chi connectivity index (χ1n) is 21.9. The van der Waals surface area contributed by atoms with Crippen molar-refractivity contribution in [3.05, 3.63) is 259 Å². The second-order valence-electron chi connectivity index (χ2n) is 16.8. The van der Waals surface area contributed by atoms with Gasteiger partial charge in [0.1, 0.15) is 22.3 Å². The highest BCUT2D eigenvalue weighted by molar-refractivity contribution is 6.11. The number of hydrogen-bond donors (Lipinski definition) is 0. The molecule has 1 aliphatic carbocycles. The molecule has 0 saturated heterocycles. The van der Waals surface area contributed by atoms with Gasteiger partial charge in [0.05, 0.1) is 5.41 Å². The topological polar surface area (TPSA) is 29.5 Å². The van der Waals surface area contributed by atoms with Gasteiger partial charge in [-0.05, 0) is 105 Å². The van der Waals surface area contributed by atoms with Gasteiger partial charge in [-0.3, -0.25) is 0 Å². The van der Waals surface area contributed by atoms with Crippen molar-refractivity contribution in [1.29, 1.82) is 0 Å². The fourth-order valence-electron chi connectivity index (χ4n) is 10.5. The van der Waals surface area contributed by atoms with Gasteiger partial charge in [-0.1, -0.05) is 176 Å². The van der Waals surface area contributed by atoms with Crippen molar-refractivity contribution in [2.45, 2.75) is 5.41 Å². The average molecular weight is 818 g/mol. The zero-order valence-electron chi connectivity index (χ0n) is 34.8. The van der Waals surface area contributed by atoms with Crippen molar-refractivity contribution >= 4 is 60.9 Å². The number of anilines is 3. The highest BCUT2D eigenvalue weighted by Gasteiger charge is 2.46. The van der Waals surface area contributed by atoms with E-state index in [9.17, 15) is 0 Å². The Bertz CT molecular complexity index is 3680. The van der Waals surface area contributed by atoms with Crippen molar-refractivity contribution in [2.24, 2.45) is 0 Å². The maximum Gasteiger partial charge on any atom is 0.143 e. The molecule has 0 fully saturated rings. The van der Waals surface area contributed by atoms with E-state index in [0.29, 0.717) is 0 Å². The second kappa shape index (κ2) is 14.3. The average Bonchev–Trinajstić information content (AvgIpc) is 4.03. The Balaban J connectivity index is 0.979. The largest absolute Gasteiger partial charge is 0.456 e. The molecule has 300 valence electrons. The SMILES string of the molecule is c1ccc(-c2cccc3c2oc2ccc(-c4ccc(N(c5ccc6c(c5)C(c5ccccc5)(c5ccccc5)c5ccccc5-6)c5ccc6c(c5)oc5ccccc56)cc4)cc23)cc1. The Labute approximate surface area is 370 Å². The Kier molecular flexibility index (Phi) is 8.13. The summed E-state index contributed by atoms with van der Waals surface area (Å²) in [4.78, 5) is 2.37. The minimum atomic E-state index is -0.527. The van der Waals surface area contributed by atoms with E-state index in [2.05, 4.69) is 223 Å². The summed E-state index contributed by atoms with van der Waals surface area (Å²) < 4.78 is 13.1. The van der Waals surface area contributed by atoms with E-state index in [1.54, 1.807) is 0 Å². The maximum absolute atomic E-state index is 6.54. The summed E-state index contributed by atoms with van der Waals surface area (Å²) in [5.74, 6) is 0. The van der Waals surface area contributed by atoms with Crippen LogP contribution >= 0.6 is 0 Å². The molecule has 0 bridgehead atoms. The van der Waals surface area contributed by atoms with Gasteiger partial charge in [0.2, 0.25) is 0 Å². The number of hydrogen-bond acceptors (Lipinski definition) is 3. The molecule has 2 heterocycles. The molecule has 2 aromatic heterocycles. The predicted octanol–water partition coefficient (Wildman–Crippen LogP) is 16.7. The summed E-state index contributed by atoms with van der Waals surface area (Å²) in [7, 11) is 0. The number of para-hydroxylation sites is 2. The lowest BCUT2D eigenvalue weighted by molar-refractivity contribution is 0.669. The van der Waals surface area contributed by atoms with Gasteiger partial charge >= 0.3 is 0 Å². The lowest BCUT2D eigenvalue weighted by atomic mass is 9.67. The molecule has 0 N–H and O–H groups in total. The molecule has 1 aliphatic rings. The quantitative estimate of drug-likeness (QED) is 0.160. The molecule has 10 aromatic carbocycles. The number of nitrogens with zero attached hydrogens (tertiary/aromatic N) is 1. The van der Waals surface area contributed by atoms with E-state index in [1.165, 1.54) is 33.4 Å². The minimum Gasteiger partial charge on any atom is -0.456 e. The Morgan fingerprint density at radius 3 is 1.67 bits per heavy atom.